The van der Waals surface area contributed by atoms with E-state index >= 15 is 0 Å². The zero-order valence-corrected chi connectivity index (χ0v) is 19.4. The van der Waals surface area contributed by atoms with Crippen LogP contribution in [0.25, 0.3) is 0 Å². The van der Waals surface area contributed by atoms with Crippen molar-refractivity contribution in [2.45, 2.75) is 4.43 Å². The highest BCUT2D eigenvalue weighted by Gasteiger charge is 2.16. The number of hydrogen-bond donors (Lipinski definition) is 3. The van der Waals surface area contributed by atoms with Crippen LogP contribution in [-0.4, -0.2) is 36.6 Å². The van der Waals surface area contributed by atoms with Crippen molar-refractivity contribution in [1.82, 2.24) is 4.90 Å². The van der Waals surface area contributed by atoms with Crippen molar-refractivity contribution >= 4 is 51.6 Å². The number of nitrogens with one attached hydrogen (secondary N) is 3. The van der Waals surface area contributed by atoms with Crippen LogP contribution in [0.5, 0.6) is 0 Å². The summed E-state index contributed by atoms with van der Waals surface area (Å²) in [6.45, 7) is 0. The summed E-state index contributed by atoms with van der Waals surface area (Å²) in [4.78, 5) is 27.4. The van der Waals surface area contributed by atoms with E-state index in [1.807, 2.05) is 36.4 Å². The molecule has 0 unspecified atom stereocenters. The number of nitrogens with zero attached hydrogens (tertiary/aromatic N) is 1. The van der Waals surface area contributed by atoms with E-state index in [9.17, 15) is 9.59 Å². The van der Waals surface area contributed by atoms with Crippen molar-refractivity contribution in [1.29, 1.82) is 5.41 Å². The van der Waals surface area contributed by atoms with E-state index in [-0.39, 0.29) is 11.8 Å². The average molecular weight is 526 g/mol. The third kappa shape index (κ3) is 5.69. The molecule has 158 valence electrons. The lowest BCUT2D eigenvalue weighted by Crippen LogP contribution is -2.22. The van der Waals surface area contributed by atoms with E-state index in [1.165, 1.54) is 0 Å². The van der Waals surface area contributed by atoms with Gasteiger partial charge in [-0.1, -0.05) is 59.0 Å². The van der Waals surface area contributed by atoms with Crippen LogP contribution in [0.1, 0.15) is 31.8 Å². The van der Waals surface area contributed by atoms with Crippen LogP contribution >= 0.6 is 22.6 Å². The second kappa shape index (κ2) is 10.2. The van der Waals surface area contributed by atoms with Gasteiger partial charge in [-0.25, -0.2) is 0 Å². The van der Waals surface area contributed by atoms with Gasteiger partial charge in [-0.3, -0.25) is 15.0 Å². The normalized spacial score (nSPS) is 10.3. The molecule has 0 aliphatic rings. The van der Waals surface area contributed by atoms with Crippen molar-refractivity contribution in [3.05, 3.63) is 95.1 Å². The minimum absolute atomic E-state index is 0.289. The first-order valence-electron chi connectivity index (χ1n) is 9.62. The van der Waals surface area contributed by atoms with Crippen molar-refractivity contribution in [2.75, 3.05) is 24.7 Å². The fourth-order valence-electron chi connectivity index (χ4n) is 2.92. The van der Waals surface area contributed by atoms with Gasteiger partial charge in [0.15, 0.2) is 0 Å². The minimum Gasteiger partial charge on any atom is -0.363 e. The van der Waals surface area contributed by atoms with Crippen LogP contribution in [0.15, 0.2) is 72.8 Å². The Morgan fingerprint density at radius 1 is 0.871 bits per heavy atom. The number of halogens is 1. The molecule has 0 saturated carbocycles. The molecule has 2 amide bonds. The first kappa shape index (κ1) is 22.5. The Labute approximate surface area is 195 Å². The number of alkyl halides is 1. The zero-order valence-electron chi connectivity index (χ0n) is 17.3. The van der Waals surface area contributed by atoms with Crippen LogP contribution in [0.4, 0.5) is 11.4 Å². The van der Waals surface area contributed by atoms with Crippen LogP contribution in [0.2, 0.25) is 0 Å². The molecule has 3 N–H and O–H groups in total. The zero-order chi connectivity index (χ0) is 22.4. The second-order valence-electron chi connectivity index (χ2n) is 7.11. The molecule has 0 fully saturated rings. The largest absolute Gasteiger partial charge is 0.363 e. The number of anilines is 2. The lowest BCUT2D eigenvalue weighted by atomic mass is 10.1. The van der Waals surface area contributed by atoms with E-state index in [0.29, 0.717) is 28.3 Å². The average Bonchev–Trinajstić information content (AvgIpc) is 2.79. The number of para-hydroxylation sites is 1. The fraction of sp³-hybridized carbons (Fsp3) is 0.125. The molecule has 0 radical (unpaired) electrons. The summed E-state index contributed by atoms with van der Waals surface area (Å²) in [6, 6.07) is 21.4. The molecule has 0 aromatic heterocycles. The summed E-state index contributed by atoms with van der Waals surface area (Å²) in [6.07, 6.45) is 0. The van der Waals surface area contributed by atoms with Gasteiger partial charge in [0.1, 0.15) is 5.84 Å². The summed E-state index contributed by atoms with van der Waals surface area (Å²) >= 11 is 2.24. The molecule has 0 aliphatic carbocycles. The number of amides is 2. The third-order valence-corrected chi connectivity index (χ3v) is 5.51. The Balaban J connectivity index is 1.82. The van der Waals surface area contributed by atoms with Crippen molar-refractivity contribution in [3.63, 3.8) is 0 Å². The Morgan fingerprint density at radius 2 is 1.52 bits per heavy atom. The molecule has 0 atom stereocenters. The molecule has 3 aromatic carbocycles. The molecule has 3 aromatic rings. The molecule has 0 aliphatic heterocycles. The van der Waals surface area contributed by atoms with E-state index in [0.717, 1.165) is 15.6 Å². The van der Waals surface area contributed by atoms with Gasteiger partial charge in [-0.15, -0.1) is 0 Å². The molecule has 0 spiro atoms. The molecule has 0 saturated heterocycles. The highest BCUT2D eigenvalue weighted by atomic mass is 127. The van der Waals surface area contributed by atoms with Crippen LogP contribution in [0, 0.1) is 5.41 Å². The van der Waals surface area contributed by atoms with E-state index in [1.54, 1.807) is 55.4 Å². The fourth-order valence-corrected chi connectivity index (χ4v) is 3.40. The molecule has 0 bridgehead atoms. The molecule has 3 rings (SSSR count). The number of carbonyl (C=O) groups is 2. The number of amidine groups is 1. The van der Waals surface area contributed by atoms with Gasteiger partial charge in [0.25, 0.3) is 11.8 Å². The smallest absolute Gasteiger partial charge is 0.257 e. The van der Waals surface area contributed by atoms with Gasteiger partial charge in [0.2, 0.25) is 0 Å². The molecule has 0 heterocycles. The summed E-state index contributed by atoms with van der Waals surface area (Å²) in [7, 11) is 3.59. The van der Waals surface area contributed by atoms with Gasteiger partial charge in [-0.05, 0) is 42.0 Å². The van der Waals surface area contributed by atoms with Crippen LogP contribution in [0.3, 0.4) is 0 Å². The highest BCUT2D eigenvalue weighted by molar-refractivity contribution is 14.1. The molecule has 6 nitrogen and oxygen atoms in total. The lowest BCUT2D eigenvalue weighted by molar-refractivity contribution is 0.102. The quantitative estimate of drug-likeness (QED) is 0.183. The first-order chi connectivity index (χ1) is 14.9. The Hall–Kier alpha value is -3.20. The Kier molecular flexibility index (Phi) is 7.41. The van der Waals surface area contributed by atoms with Gasteiger partial charge in [0, 0.05) is 35.3 Å². The Morgan fingerprint density at radius 3 is 2.13 bits per heavy atom. The third-order valence-electron chi connectivity index (χ3n) is 4.63. The van der Waals surface area contributed by atoms with Crippen LogP contribution in [-0.2, 0) is 4.43 Å². The van der Waals surface area contributed by atoms with Crippen molar-refractivity contribution in [3.8, 4) is 0 Å². The van der Waals surface area contributed by atoms with E-state index < -0.39 is 0 Å². The predicted molar refractivity (Wildman–Crippen MR) is 133 cm³/mol. The maximum Gasteiger partial charge on any atom is 0.257 e. The van der Waals surface area contributed by atoms with Crippen LogP contribution < -0.4 is 10.6 Å². The predicted octanol–water partition coefficient (Wildman–Crippen LogP) is 5.01. The number of carbonyl (C=O) groups excluding carboxylic acids is 2. The monoisotopic (exact) mass is 526 g/mol. The number of rotatable bonds is 6. The van der Waals surface area contributed by atoms with Gasteiger partial charge >= 0.3 is 0 Å². The van der Waals surface area contributed by atoms with Crippen molar-refractivity contribution in [2.24, 2.45) is 0 Å². The summed E-state index contributed by atoms with van der Waals surface area (Å²) < 4.78 is 0.747. The van der Waals surface area contributed by atoms with Gasteiger partial charge < -0.3 is 15.5 Å². The number of benzene rings is 3. The standard InChI is InChI=1S/C24H23IN4O2/c1-29(2)22(26)17-9-11-18(12-10-17)23(30)28-21-13-8-16(15-25)14-20(21)24(31)27-19-6-4-3-5-7-19/h3-14,26H,15H2,1-2H3,(H,27,31)(H,28,30). The number of hydrogen-bond acceptors (Lipinski definition) is 3. The molecular weight excluding hydrogens is 503 g/mol. The minimum atomic E-state index is -0.320. The summed E-state index contributed by atoms with van der Waals surface area (Å²) in [5.74, 6) is -0.247. The summed E-state index contributed by atoms with van der Waals surface area (Å²) in [5.41, 5.74) is 3.68. The lowest BCUT2D eigenvalue weighted by Gasteiger charge is -2.15. The van der Waals surface area contributed by atoms with E-state index in [4.69, 9.17) is 5.41 Å². The molecule has 7 heteroatoms. The first-order valence-corrected chi connectivity index (χ1v) is 11.1. The van der Waals surface area contributed by atoms with Gasteiger partial charge in [0.05, 0.1) is 11.3 Å². The maximum absolute atomic E-state index is 12.9. The summed E-state index contributed by atoms with van der Waals surface area (Å²) in [5, 5.41) is 13.8. The van der Waals surface area contributed by atoms with Crippen molar-refractivity contribution < 1.29 is 9.59 Å². The maximum atomic E-state index is 12.9. The van der Waals surface area contributed by atoms with Gasteiger partial charge in [-0.2, -0.15) is 0 Å². The topological polar surface area (TPSA) is 85.3 Å². The second-order valence-corrected chi connectivity index (χ2v) is 7.87. The van der Waals surface area contributed by atoms with E-state index in [2.05, 4.69) is 33.2 Å². The SMILES string of the molecule is CN(C)C(=N)c1ccc(C(=O)Nc2ccc(CI)cc2C(=O)Nc2ccccc2)cc1. The molecular formula is C24H23IN4O2. The molecule has 31 heavy (non-hydrogen) atoms. The highest BCUT2D eigenvalue weighted by Crippen LogP contribution is 2.22. The Bertz CT molecular complexity index is 1100.